The van der Waals surface area contributed by atoms with Crippen LogP contribution in [0.4, 0.5) is 0 Å². The first-order valence-electron chi connectivity index (χ1n) is 2.82. The second-order valence-corrected chi connectivity index (χ2v) is 2.21. The maximum absolute atomic E-state index is 8.90. The minimum absolute atomic E-state index is 0.477. The van der Waals surface area contributed by atoms with E-state index in [1.807, 2.05) is 0 Å². The maximum atomic E-state index is 8.90. The fourth-order valence-corrected chi connectivity index (χ4v) is 0.827. The molecule has 0 spiro atoms. The lowest BCUT2D eigenvalue weighted by molar-refractivity contribution is -0.124. The van der Waals surface area contributed by atoms with Crippen molar-refractivity contribution < 1.29 is 20.1 Å². The average molecular weight is 134 g/mol. The lowest BCUT2D eigenvalue weighted by Gasteiger charge is -2.07. The van der Waals surface area contributed by atoms with Crippen molar-refractivity contribution in [3.05, 3.63) is 0 Å². The highest BCUT2D eigenvalue weighted by molar-refractivity contribution is 4.82. The third kappa shape index (κ3) is 1.07. The third-order valence-corrected chi connectivity index (χ3v) is 1.48. The van der Waals surface area contributed by atoms with Gasteiger partial charge in [-0.05, 0) is 6.92 Å². The summed E-state index contributed by atoms with van der Waals surface area (Å²) in [5.41, 5.74) is 0. The topological polar surface area (TPSA) is 69.9 Å². The van der Waals surface area contributed by atoms with E-state index in [0.29, 0.717) is 0 Å². The summed E-state index contributed by atoms with van der Waals surface area (Å²) in [6, 6.07) is 0. The van der Waals surface area contributed by atoms with Crippen LogP contribution >= 0.6 is 0 Å². The quantitative estimate of drug-likeness (QED) is 0.375. The fraction of sp³-hybridized carbons (Fsp3) is 1.00. The summed E-state index contributed by atoms with van der Waals surface area (Å²) in [6.45, 7) is 1.59. The smallest absolute Gasteiger partial charge is 0.183 e. The molecule has 0 aliphatic carbocycles. The number of hydrogen-bond donors (Lipinski definition) is 3. The standard InChI is InChI=1S/C5H10O4/c1-2-3(6)4(7)5(8)9-2/h2-8H,1H3/t2-,3-,4-,5+/m1/s1. The summed E-state index contributed by atoms with van der Waals surface area (Å²) in [5.74, 6) is 0. The van der Waals surface area contributed by atoms with E-state index in [1.165, 1.54) is 0 Å². The molecule has 1 fully saturated rings. The van der Waals surface area contributed by atoms with Gasteiger partial charge < -0.3 is 20.1 Å². The Morgan fingerprint density at radius 2 is 1.67 bits per heavy atom. The van der Waals surface area contributed by atoms with Crippen LogP contribution in [0.5, 0.6) is 0 Å². The lowest BCUT2D eigenvalue weighted by atomic mass is 10.2. The van der Waals surface area contributed by atoms with Crippen LogP contribution in [-0.2, 0) is 4.74 Å². The second-order valence-electron chi connectivity index (χ2n) is 2.21. The predicted octanol–water partition coefficient (Wildman–Crippen LogP) is -1.55. The van der Waals surface area contributed by atoms with Crippen molar-refractivity contribution in [1.82, 2.24) is 0 Å². The van der Waals surface area contributed by atoms with Gasteiger partial charge in [-0.2, -0.15) is 0 Å². The van der Waals surface area contributed by atoms with Gasteiger partial charge in [0.1, 0.15) is 12.2 Å². The summed E-state index contributed by atoms with van der Waals surface area (Å²) in [4.78, 5) is 0. The largest absolute Gasteiger partial charge is 0.388 e. The average Bonchev–Trinajstić information content (AvgIpc) is 1.98. The molecule has 0 aromatic rings. The molecule has 54 valence electrons. The molecule has 0 radical (unpaired) electrons. The van der Waals surface area contributed by atoms with Crippen LogP contribution in [0.1, 0.15) is 6.92 Å². The highest BCUT2D eigenvalue weighted by atomic mass is 16.6. The minimum atomic E-state index is -1.23. The number of hydrogen-bond acceptors (Lipinski definition) is 4. The van der Waals surface area contributed by atoms with Crippen LogP contribution < -0.4 is 0 Å². The Hall–Kier alpha value is -0.160. The number of aliphatic hydroxyl groups excluding tert-OH is 3. The summed E-state index contributed by atoms with van der Waals surface area (Å²) in [6.07, 6.45) is -3.81. The van der Waals surface area contributed by atoms with Crippen LogP contribution in [0.3, 0.4) is 0 Å². The Labute approximate surface area is 52.7 Å². The van der Waals surface area contributed by atoms with Crippen molar-refractivity contribution in [3.8, 4) is 0 Å². The van der Waals surface area contributed by atoms with Gasteiger partial charge in [0.15, 0.2) is 6.29 Å². The maximum Gasteiger partial charge on any atom is 0.183 e. The van der Waals surface area contributed by atoms with Crippen molar-refractivity contribution in [3.63, 3.8) is 0 Å². The van der Waals surface area contributed by atoms with Crippen molar-refractivity contribution >= 4 is 0 Å². The molecule has 4 nitrogen and oxygen atoms in total. The molecule has 1 saturated heterocycles. The first-order chi connectivity index (χ1) is 4.13. The third-order valence-electron chi connectivity index (χ3n) is 1.48. The van der Waals surface area contributed by atoms with Crippen molar-refractivity contribution in [2.45, 2.75) is 31.5 Å². The molecule has 4 atom stereocenters. The molecule has 0 aromatic heterocycles. The molecular formula is C5H10O4. The normalized spacial score (nSPS) is 52.0. The molecular weight excluding hydrogens is 124 g/mol. The van der Waals surface area contributed by atoms with E-state index in [9.17, 15) is 0 Å². The van der Waals surface area contributed by atoms with Gasteiger partial charge in [0.05, 0.1) is 6.10 Å². The van der Waals surface area contributed by atoms with E-state index in [0.717, 1.165) is 0 Å². The van der Waals surface area contributed by atoms with Gasteiger partial charge in [-0.1, -0.05) is 0 Å². The molecule has 0 unspecified atom stereocenters. The van der Waals surface area contributed by atoms with E-state index >= 15 is 0 Å². The lowest BCUT2D eigenvalue weighted by Crippen LogP contribution is -2.31. The molecule has 3 N–H and O–H groups in total. The van der Waals surface area contributed by atoms with E-state index in [1.54, 1.807) is 6.92 Å². The molecule has 0 amide bonds. The van der Waals surface area contributed by atoms with Gasteiger partial charge in [0.2, 0.25) is 0 Å². The van der Waals surface area contributed by atoms with E-state index in [-0.39, 0.29) is 0 Å². The van der Waals surface area contributed by atoms with Crippen molar-refractivity contribution in [1.29, 1.82) is 0 Å². The predicted molar refractivity (Wildman–Crippen MR) is 28.6 cm³/mol. The molecule has 9 heavy (non-hydrogen) atoms. The van der Waals surface area contributed by atoms with E-state index in [2.05, 4.69) is 4.74 Å². The fourth-order valence-electron chi connectivity index (χ4n) is 0.827. The summed E-state index contributed by atoms with van der Waals surface area (Å²) < 4.78 is 4.64. The van der Waals surface area contributed by atoms with Gasteiger partial charge in [-0.25, -0.2) is 0 Å². The Morgan fingerprint density at radius 1 is 1.11 bits per heavy atom. The summed E-state index contributed by atoms with van der Waals surface area (Å²) in [5, 5.41) is 26.4. The first kappa shape index (κ1) is 6.95. The number of rotatable bonds is 0. The van der Waals surface area contributed by atoms with Gasteiger partial charge >= 0.3 is 0 Å². The summed E-state index contributed by atoms with van der Waals surface area (Å²) in [7, 11) is 0. The first-order valence-corrected chi connectivity index (χ1v) is 2.82. The molecule has 1 aliphatic heterocycles. The molecule has 1 aliphatic rings. The SMILES string of the molecule is C[C@H]1O[C@H](O)[C@H](O)[C@@H]1O. The zero-order chi connectivity index (χ0) is 7.02. The molecule has 0 saturated carbocycles. The molecule has 1 rings (SSSR count). The Kier molecular flexibility index (Phi) is 1.72. The second kappa shape index (κ2) is 2.22. The Morgan fingerprint density at radius 3 is 1.78 bits per heavy atom. The molecule has 0 bridgehead atoms. The van der Waals surface area contributed by atoms with E-state index < -0.39 is 24.6 Å². The Bertz CT molecular complexity index is 93.1. The van der Waals surface area contributed by atoms with Crippen molar-refractivity contribution in [2.24, 2.45) is 0 Å². The minimum Gasteiger partial charge on any atom is -0.388 e. The van der Waals surface area contributed by atoms with Crippen molar-refractivity contribution in [2.75, 3.05) is 0 Å². The van der Waals surface area contributed by atoms with Crippen LogP contribution in [0.15, 0.2) is 0 Å². The van der Waals surface area contributed by atoms with Gasteiger partial charge in [0.25, 0.3) is 0 Å². The molecule has 1 heterocycles. The zero-order valence-electron chi connectivity index (χ0n) is 5.06. The number of aliphatic hydroxyl groups is 3. The van der Waals surface area contributed by atoms with Gasteiger partial charge in [0, 0.05) is 0 Å². The highest BCUT2D eigenvalue weighted by Gasteiger charge is 2.38. The van der Waals surface area contributed by atoms with Crippen LogP contribution in [0.2, 0.25) is 0 Å². The van der Waals surface area contributed by atoms with Gasteiger partial charge in [-0.15, -0.1) is 0 Å². The monoisotopic (exact) mass is 134 g/mol. The number of ether oxygens (including phenoxy) is 1. The molecule has 4 heteroatoms. The van der Waals surface area contributed by atoms with Crippen LogP contribution in [0, 0.1) is 0 Å². The van der Waals surface area contributed by atoms with Crippen LogP contribution in [0.25, 0.3) is 0 Å². The van der Waals surface area contributed by atoms with Crippen LogP contribution in [-0.4, -0.2) is 39.9 Å². The van der Waals surface area contributed by atoms with Gasteiger partial charge in [-0.3, -0.25) is 0 Å². The highest BCUT2D eigenvalue weighted by Crippen LogP contribution is 2.18. The summed E-state index contributed by atoms with van der Waals surface area (Å²) >= 11 is 0. The molecule has 0 aromatic carbocycles. The zero-order valence-corrected chi connectivity index (χ0v) is 5.06. The van der Waals surface area contributed by atoms with E-state index in [4.69, 9.17) is 15.3 Å². The Balaban J connectivity index is 2.54.